The van der Waals surface area contributed by atoms with Gasteiger partial charge in [0.15, 0.2) is 0 Å². The van der Waals surface area contributed by atoms with Crippen molar-refractivity contribution in [3.63, 3.8) is 0 Å². The van der Waals surface area contributed by atoms with Gasteiger partial charge in [0.1, 0.15) is 5.82 Å². The molecule has 0 spiro atoms. The summed E-state index contributed by atoms with van der Waals surface area (Å²) in [7, 11) is 0. The zero-order chi connectivity index (χ0) is 17.8. The van der Waals surface area contributed by atoms with Gasteiger partial charge in [0.25, 0.3) is 5.91 Å². The van der Waals surface area contributed by atoms with E-state index in [4.69, 9.17) is 0 Å². The van der Waals surface area contributed by atoms with Gasteiger partial charge in [0.2, 0.25) is 0 Å². The minimum absolute atomic E-state index is 0.0779. The van der Waals surface area contributed by atoms with Crippen LogP contribution in [-0.2, 0) is 6.42 Å². The SMILES string of the molecule is O=C1c2ccccc2CCN1CCN[C@H](c1cccnc1)c1ncc[nH]1. The summed E-state index contributed by atoms with van der Waals surface area (Å²) in [6.07, 6.45) is 8.05. The molecule has 1 aliphatic heterocycles. The van der Waals surface area contributed by atoms with Crippen molar-refractivity contribution in [3.05, 3.63) is 83.7 Å². The predicted molar refractivity (Wildman–Crippen MR) is 98.7 cm³/mol. The van der Waals surface area contributed by atoms with Crippen LogP contribution in [0.15, 0.2) is 61.2 Å². The number of amides is 1. The zero-order valence-corrected chi connectivity index (χ0v) is 14.4. The highest BCUT2D eigenvalue weighted by molar-refractivity contribution is 5.96. The van der Waals surface area contributed by atoms with Crippen molar-refractivity contribution in [1.29, 1.82) is 0 Å². The third-order valence-electron chi connectivity index (χ3n) is 4.73. The third-order valence-corrected chi connectivity index (χ3v) is 4.73. The lowest BCUT2D eigenvalue weighted by atomic mass is 9.99. The number of rotatable bonds is 6. The van der Waals surface area contributed by atoms with E-state index in [2.05, 4.69) is 20.3 Å². The molecule has 0 bridgehead atoms. The van der Waals surface area contributed by atoms with Gasteiger partial charge < -0.3 is 15.2 Å². The maximum atomic E-state index is 12.7. The minimum atomic E-state index is -0.0779. The van der Waals surface area contributed by atoms with Crippen molar-refractivity contribution in [2.45, 2.75) is 12.5 Å². The number of H-pyrrole nitrogens is 1. The zero-order valence-electron chi connectivity index (χ0n) is 14.4. The first kappa shape index (κ1) is 16.5. The molecule has 1 amide bonds. The van der Waals surface area contributed by atoms with Gasteiger partial charge in [-0.1, -0.05) is 24.3 Å². The highest BCUT2D eigenvalue weighted by Gasteiger charge is 2.24. The number of carbonyl (C=O) groups excluding carboxylic acids is 1. The average molecular weight is 347 g/mol. The quantitative estimate of drug-likeness (QED) is 0.717. The monoisotopic (exact) mass is 347 g/mol. The van der Waals surface area contributed by atoms with Crippen molar-refractivity contribution in [1.82, 2.24) is 25.2 Å². The smallest absolute Gasteiger partial charge is 0.254 e. The molecule has 2 N–H and O–H groups in total. The molecule has 6 nitrogen and oxygen atoms in total. The number of nitrogens with one attached hydrogen (secondary N) is 2. The number of carbonyl (C=O) groups is 1. The first-order valence-corrected chi connectivity index (χ1v) is 8.82. The Kier molecular flexibility index (Phi) is 4.75. The Labute approximate surface area is 152 Å². The molecular weight excluding hydrogens is 326 g/mol. The second-order valence-corrected chi connectivity index (χ2v) is 6.35. The number of fused-ring (bicyclic) bond motifs is 1. The average Bonchev–Trinajstić information content (AvgIpc) is 3.22. The van der Waals surface area contributed by atoms with E-state index in [0.29, 0.717) is 13.1 Å². The summed E-state index contributed by atoms with van der Waals surface area (Å²) in [5, 5.41) is 3.50. The molecule has 4 rings (SSSR count). The Bertz CT molecular complexity index is 863. The van der Waals surface area contributed by atoms with Crippen LogP contribution >= 0.6 is 0 Å². The van der Waals surface area contributed by atoms with Crippen LogP contribution in [0.3, 0.4) is 0 Å². The van der Waals surface area contributed by atoms with E-state index in [1.165, 1.54) is 0 Å². The van der Waals surface area contributed by atoms with Crippen LogP contribution in [0.25, 0.3) is 0 Å². The molecule has 0 saturated carbocycles. The van der Waals surface area contributed by atoms with Crippen molar-refractivity contribution < 1.29 is 4.79 Å². The molecular formula is C20H21N5O. The van der Waals surface area contributed by atoms with Crippen LogP contribution in [0.5, 0.6) is 0 Å². The summed E-state index contributed by atoms with van der Waals surface area (Å²) in [5.41, 5.74) is 3.01. The molecule has 0 radical (unpaired) electrons. The van der Waals surface area contributed by atoms with E-state index in [0.717, 1.165) is 35.5 Å². The standard InChI is InChI=1S/C20H21N5O/c26-20-17-6-2-1-4-15(17)7-12-25(20)13-11-22-18(19-23-9-10-24-19)16-5-3-8-21-14-16/h1-6,8-10,14,18,22H,7,11-13H2,(H,23,24)/t18-/m1/s1. The summed E-state index contributed by atoms with van der Waals surface area (Å²) >= 11 is 0. The minimum Gasteiger partial charge on any atom is -0.347 e. The van der Waals surface area contributed by atoms with Gasteiger partial charge in [-0.15, -0.1) is 0 Å². The number of hydrogen-bond donors (Lipinski definition) is 2. The molecule has 0 aliphatic carbocycles. The Hall–Kier alpha value is -2.99. The molecule has 1 aliphatic rings. The van der Waals surface area contributed by atoms with Gasteiger partial charge in [-0.2, -0.15) is 0 Å². The Balaban J connectivity index is 1.42. The topological polar surface area (TPSA) is 73.9 Å². The summed E-state index contributed by atoms with van der Waals surface area (Å²) in [6, 6.07) is 11.7. The first-order chi connectivity index (χ1) is 12.8. The number of aromatic nitrogens is 3. The number of hydrogen-bond acceptors (Lipinski definition) is 4. The van der Waals surface area contributed by atoms with E-state index >= 15 is 0 Å². The molecule has 6 heteroatoms. The number of nitrogens with zero attached hydrogens (tertiary/aromatic N) is 3. The Morgan fingerprint density at radius 3 is 2.92 bits per heavy atom. The largest absolute Gasteiger partial charge is 0.347 e. The molecule has 2 aromatic heterocycles. The number of aromatic amines is 1. The predicted octanol–water partition coefficient (Wildman–Crippen LogP) is 2.18. The van der Waals surface area contributed by atoms with Gasteiger partial charge in [-0.05, 0) is 29.7 Å². The molecule has 1 atom stereocenters. The van der Waals surface area contributed by atoms with Crippen LogP contribution < -0.4 is 5.32 Å². The van der Waals surface area contributed by atoms with Crippen molar-refractivity contribution in [2.24, 2.45) is 0 Å². The molecule has 3 aromatic rings. The summed E-state index contributed by atoms with van der Waals surface area (Å²) < 4.78 is 0. The lowest BCUT2D eigenvalue weighted by molar-refractivity contribution is 0.0740. The van der Waals surface area contributed by atoms with Gasteiger partial charge in [-0.25, -0.2) is 4.98 Å². The van der Waals surface area contributed by atoms with Gasteiger partial charge in [0, 0.05) is 50.0 Å². The van der Waals surface area contributed by atoms with Crippen LogP contribution in [0, 0.1) is 0 Å². The fraction of sp³-hybridized carbons (Fsp3) is 0.250. The van der Waals surface area contributed by atoms with Crippen LogP contribution in [0.2, 0.25) is 0 Å². The molecule has 1 aromatic carbocycles. The van der Waals surface area contributed by atoms with Gasteiger partial charge in [-0.3, -0.25) is 9.78 Å². The van der Waals surface area contributed by atoms with E-state index in [1.54, 1.807) is 12.4 Å². The van der Waals surface area contributed by atoms with Crippen LogP contribution in [0.1, 0.15) is 33.4 Å². The summed E-state index contributed by atoms with van der Waals surface area (Å²) in [4.78, 5) is 26.3. The lowest BCUT2D eigenvalue weighted by Gasteiger charge is -2.29. The fourth-order valence-electron chi connectivity index (χ4n) is 3.39. The van der Waals surface area contributed by atoms with Crippen LogP contribution in [0.4, 0.5) is 0 Å². The van der Waals surface area contributed by atoms with E-state index < -0.39 is 0 Å². The van der Waals surface area contributed by atoms with E-state index in [1.807, 2.05) is 53.7 Å². The van der Waals surface area contributed by atoms with Crippen molar-refractivity contribution in [2.75, 3.05) is 19.6 Å². The Morgan fingerprint density at radius 1 is 1.19 bits per heavy atom. The highest BCUT2D eigenvalue weighted by atomic mass is 16.2. The number of pyridine rings is 1. The van der Waals surface area contributed by atoms with E-state index in [9.17, 15) is 4.79 Å². The van der Waals surface area contributed by atoms with Crippen molar-refractivity contribution >= 4 is 5.91 Å². The molecule has 3 heterocycles. The van der Waals surface area contributed by atoms with Crippen molar-refractivity contribution in [3.8, 4) is 0 Å². The van der Waals surface area contributed by atoms with Gasteiger partial charge in [0.05, 0.1) is 6.04 Å². The molecule has 0 fully saturated rings. The normalized spacial score (nSPS) is 14.9. The highest BCUT2D eigenvalue weighted by Crippen LogP contribution is 2.19. The lowest BCUT2D eigenvalue weighted by Crippen LogP contribution is -2.42. The molecule has 132 valence electrons. The first-order valence-electron chi connectivity index (χ1n) is 8.82. The van der Waals surface area contributed by atoms with Gasteiger partial charge >= 0.3 is 0 Å². The second-order valence-electron chi connectivity index (χ2n) is 6.35. The molecule has 0 saturated heterocycles. The number of imidazole rings is 1. The molecule has 26 heavy (non-hydrogen) atoms. The fourth-order valence-corrected chi connectivity index (χ4v) is 3.39. The maximum absolute atomic E-state index is 12.7. The Morgan fingerprint density at radius 2 is 2.12 bits per heavy atom. The number of benzene rings is 1. The molecule has 0 unspecified atom stereocenters. The third kappa shape index (κ3) is 3.36. The second kappa shape index (κ2) is 7.49. The summed E-state index contributed by atoms with van der Waals surface area (Å²) in [6.45, 7) is 2.09. The van der Waals surface area contributed by atoms with Crippen LogP contribution in [-0.4, -0.2) is 45.4 Å². The maximum Gasteiger partial charge on any atom is 0.254 e. The van der Waals surface area contributed by atoms with E-state index in [-0.39, 0.29) is 11.9 Å². The summed E-state index contributed by atoms with van der Waals surface area (Å²) in [5.74, 6) is 0.956.